The van der Waals surface area contributed by atoms with Gasteiger partial charge in [0.05, 0.1) is 0 Å². The van der Waals surface area contributed by atoms with Gasteiger partial charge in [0, 0.05) is 72.0 Å². The Kier molecular flexibility index (Phi) is 7.00. The molecule has 4 aromatic rings. The van der Waals surface area contributed by atoms with Gasteiger partial charge in [-0.25, -0.2) is 0 Å². The van der Waals surface area contributed by atoms with Crippen molar-refractivity contribution in [2.24, 2.45) is 0 Å². The van der Waals surface area contributed by atoms with Gasteiger partial charge in [-0.2, -0.15) is 0 Å². The average molecular weight is 506 g/mol. The van der Waals surface area contributed by atoms with Crippen LogP contribution in [0.25, 0.3) is 0 Å². The smallest absolute Gasteiger partial charge is 0.255 e. The van der Waals surface area contributed by atoms with E-state index >= 15 is 0 Å². The number of carbonyl (C=O) groups is 1. The fourth-order valence-corrected chi connectivity index (χ4v) is 5.35. The third-order valence-corrected chi connectivity index (χ3v) is 7.41. The van der Waals surface area contributed by atoms with E-state index in [4.69, 9.17) is 4.74 Å². The molecule has 38 heavy (non-hydrogen) atoms. The minimum Gasteiger partial charge on any atom is -0.381 e. The first-order valence-electron chi connectivity index (χ1n) is 13.3. The van der Waals surface area contributed by atoms with E-state index in [1.165, 1.54) is 11.1 Å². The van der Waals surface area contributed by atoms with Gasteiger partial charge in [-0.05, 0) is 103 Å². The van der Waals surface area contributed by atoms with Gasteiger partial charge in [0.1, 0.15) is 0 Å². The molecular formula is C31H31N5O2. The second-order valence-corrected chi connectivity index (χ2v) is 9.85. The van der Waals surface area contributed by atoms with E-state index in [0.29, 0.717) is 11.5 Å². The van der Waals surface area contributed by atoms with Crippen molar-refractivity contribution in [3.63, 3.8) is 0 Å². The first-order chi connectivity index (χ1) is 18.7. The lowest BCUT2D eigenvalue weighted by molar-refractivity contribution is 0.0854. The highest BCUT2D eigenvalue weighted by molar-refractivity contribution is 6.05. The van der Waals surface area contributed by atoms with Crippen LogP contribution in [0.15, 0.2) is 79.4 Å². The van der Waals surface area contributed by atoms with Gasteiger partial charge in [0.25, 0.3) is 5.91 Å². The minimum absolute atomic E-state index is 0.122. The molecule has 2 aromatic carbocycles. The monoisotopic (exact) mass is 505 g/mol. The van der Waals surface area contributed by atoms with Gasteiger partial charge in [-0.3, -0.25) is 14.8 Å². The van der Waals surface area contributed by atoms with Crippen LogP contribution in [-0.2, 0) is 17.6 Å². The summed E-state index contributed by atoms with van der Waals surface area (Å²) in [6.07, 6.45) is 12.3. The molecule has 0 unspecified atom stereocenters. The highest BCUT2D eigenvalue weighted by atomic mass is 16.5. The number of amides is 1. The molecule has 7 heteroatoms. The molecule has 192 valence electrons. The molecule has 2 aromatic heterocycles. The van der Waals surface area contributed by atoms with Crippen LogP contribution in [0.3, 0.4) is 0 Å². The molecule has 3 N–H and O–H groups in total. The summed E-state index contributed by atoms with van der Waals surface area (Å²) in [5, 5.41) is 10.2. The number of hydrogen-bond acceptors (Lipinski definition) is 6. The largest absolute Gasteiger partial charge is 0.381 e. The first-order valence-corrected chi connectivity index (χ1v) is 13.3. The molecule has 0 bridgehead atoms. The van der Waals surface area contributed by atoms with E-state index < -0.39 is 0 Å². The maximum absolute atomic E-state index is 13.2. The number of fused-ring (bicyclic) bond motifs is 2. The summed E-state index contributed by atoms with van der Waals surface area (Å²) < 4.78 is 5.53. The molecule has 1 fully saturated rings. The van der Waals surface area contributed by atoms with Crippen LogP contribution >= 0.6 is 0 Å². The summed E-state index contributed by atoms with van der Waals surface area (Å²) in [5.41, 5.74) is 9.09. The number of hydrogen-bond donors (Lipinski definition) is 3. The van der Waals surface area contributed by atoms with E-state index in [-0.39, 0.29) is 5.91 Å². The minimum atomic E-state index is -0.122. The summed E-state index contributed by atoms with van der Waals surface area (Å²) in [5.74, 6) is 0.318. The van der Waals surface area contributed by atoms with Crippen LogP contribution in [0, 0.1) is 0 Å². The standard InChI is InChI=1S/C31H31N5O2/c37-31(36-29-6-2-5-28-25(29)4-1-3-23-19-32-15-11-27(23)35-28)22-7-9-24(10-8-22)34-30-12-16-33-20-26(30)21-13-17-38-18-14-21/h2,5-12,15-16,19-21,35H,1,3-4,13-14,17-18H2,(H,33,34)(H,36,37). The maximum Gasteiger partial charge on any atom is 0.255 e. The second kappa shape index (κ2) is 11.0. The fraction of sp³-hybridized carbons (Fsp3) is 0.258. The van der Waals surface area contributed by atoms with Crippen molar-refractivity contribution in [2.45, 2.75) is 38.0 Å². The Morgan fingerprint density at radius 2 is 1.68 bits per heavy atom. The highest BCUT2D eigenvalue weighted by Crippen LogP contribution is 2.34. The fourth-order valence-electron chi connectivity index (χ4n) is 5.35. The van der Waals surface area contributed by atoms with Crippen LogP contribution in [0.1, 0.15) is 52.2 Å². The maximum atomic E-state index is 13.2. The van der Waals surface area contributed by atoms with Gasteiger partial charge in [0.15, 0.2) is 0 Å². The molecular weight excluding hydrogens is 474 g/mol. The van der Waals surface area contributed by atoms with Crippen LogP contribution in [0.2, 0.25) is 0 Å². The number of nitrogens with zero attached hydrogens (tertiary/aromatic N) is 2. The predicted molar refractivity (Wildman–Crippen MR) is 151 cm³/mol. The lowest BCUT2D eigenvalue weighted by Gasteiger charge is -2.24. The summed E-state index contributed by atoms with van der Waals surface area (Å²) in [7, 11) is 0. The number of pyridine rings is 2. The highest BCUT2D eigenvalue weighted by Gasteiger charge is 2.20. The lowest BCUT2D eigenvalue weighted by atomic mass is 9.91. The molecule has 2 aliphatic heterocycles. The van der Waals surface area contributed by atoms with Crippen molar-refractivity contribution in [2.75, 3.05) is 29.2 Å². The van der Waals surface area contributed by atoms with Gasteiger partial charge in [0.2, 0.25) is 0 Å². The SMILES string of the molecule is O=C(Nc1cccc2c1CCCc1cnccc1N2)c1ccc(Nc2ccncc2C2CCOCC2)cc1. The molecule has 0 spiro atoms. The molecule has 0 atom stereocenters. The van der Waals surface area contributed by atoms with Gasteiger partial charge < -0.3 is 20.7 Å². The molecule has 0 aliphatic carbocycles. The normalized spacial score (nSPS) is 15.3. The number of aromatic nitrogens is 2. The lowest BCUT2D eigenvalue weighted by Crippen LogP contribution is -2.15. The Balaban J connectivity index is 1.17. The summed E-state index contributed by atoms with van der Waals surface area (Å²) in [6.45, 7) is 1.57. The van der Waals surface area contributed by atoms with Crippen molar-refractivity contribution in [3.05, 3.63) is 102 Å². The van der Waals surface area contributed by atoms with E-state index in [1.807, 2.05) is 67.1 Å². The van der Waals surface area contributed by atoms with Crippen molar-refractivity contribution in [1.29, 1.82) is 0 Å². The van der Waals surface area contributed by atoms with Crippen molar-refractivity contribution >= 4 is 34.3 Å². The number of ether oxygens (including phenoxy) is 1. The van der Waals surface area contributed by atoms with E-state index in [9.17, 15) is 4.79 Å². The molecule has 4 heterocycles. The zero-order valence-corrected chi connectivity index (χ0v) is 21.2. The molecule has 0 saturated carbocycles. The molecule has 1 amide bonds. The molecule has 6 rings (SSSR count). The molecule has 0 radical (unpaired) electrons. The Morgan fingerprint density at radius 1 is 0.868 bits per heavy atom. The van der Waals surface area contributed by atoms with Gasteiger partial charge >= 0.3 is 0 Å². The quantitative estimate of drug-likeness (QED) is 0.283. The third-order valence-electron chi connectivity index (χ3n) is 7.41. The summed E-state index contributed by atoms with van der Waals surface area (Å²) in [4.78, 5) is 21.8. The van der Waals surface area contributed by atoms with Crippen molar-refractivity contribution in [3.8, 4) is 0 Å². The number of benzene rings is 2. The Labute approximate surface area is 222 Å². The van der Waals surface area contributed by atoms with Crippen LogP contribution < -0.4 is 16.0 Å². The predicted octanol–water partition coefficient (Wildman–Crippen LogP) is 6.60. The number of nitrogens with one attached hydrogen (secondary N) is 3. The summed E-state index contributed by atoms with van der Waals surface area (Å²) in [6, 6.07) is 17.7. The molecule has 1 saturated heterocycles. The Bertz CT molecular complexity index is 1430. The van der Waals surface area contributed by atoms with Crippen LogP contribution in [0.5, 0.6) is 0 Å². The number of anilines is 5. The zero-order valence-electron chi connectivity index (χ0n) is 21.2. The van der Waals surface area contributed by atoms with Crippen molar-refractivity contribution in [1.82, 2.24) is 9.97 Å². The second-order valence-electron chi connectivity index (χ2n) is 9.85. The Morgan fingerprint density at radius 3 is 2.55 bits per heavy atom. The van der Waals surface area contributed by atoms with E-state index in [0.717, 1.165) is 79.3 Å². The number of rotatable bonds is 5. The van der Waals surface area contributed by atoms with E-state index in [1.54, 1.807) is 6.20 Å². The number of aryl methyl sites for hydroxylation is 1. The summed E-state index contributed by atoms with van der Waals surface area (Å²) >= 11 is 0. The average Bonchev–Trinajstić information content (AvgIpc) is 2.95. The Hall–Kier alpha value is -4.23. The van der Waals surface area contributed by atoms with Gasteiger partial charge in [-0.1, -0.05) is 6.07 Å². The van der Waals surface area contributed by atoms with E-state index in [2.05, 4.69) is 32.0 Å². The third kappa shape index (κ3) is 5.24. The molecule has 2 aliphatic rings. The zero-order chi connectivity index (χ0) is 25.7. The topological polar surface area (TPSA) is 88.2 Å². The van der Waals surface area contributed by atoms with Crippen LogP contribution in [-0.4, -0.2) is 29.1 Å². The van der Waals surface area contributed by atoms with Gasteiger partial charge in [-0.15, -0.1) is 0 Å². The van der Waals surface area contributed by atoms with Crippen LogP contribution in [0.4, 0.5) is 28.4 Å². The molecule has 7 nitrogen and oxygen atoms in total. The first kappa shape index (κ1) is 24.1. The van der Waals surface area contributed by atoms with Crippen molar-refractivity contribution < 1.29 is 9.53 Å². The number of carbonyl (C=O) groups excluding carboxylic acids is 1.